The maximum absolute atomic E-state index is 12.6. The van der Waals surface area contributed by atoms with Crippen molar-refractivity contribution in [1.29, 1.82) is 0 Å². The van der Waals surface area contributed by atoms with Crippen LogP contribution in [0.5, 0.6) is 5.75 Å². The molecule has 31 heavy (non-hydrogen) atoms. The molecule has 3 rings (SSSR count). The Morgan fingerprint density at radius 2 is 1.94 bits per heavy atom. The van der Waals surface area contributed by atoms with Gasteiger partial charge in [-0.05, 0) is 55.7 Å². The summed E-state index contributed by atoms with van der Waals surface area (Å²) in [6.07, 6.45) is 1.55. The highest BCUT2D eigenvalue weighted by atomic mass is 35.5. The van der Waals surface area contributed by atoms with Crippen molar-refractivity contribution in [2.75, 3.05) is 17.2 Å². The van der Waals surface area contributed by atoms with Gasteiger partial charge in [-0.25, -0.2) is 0 Å². The maximum Gasteiger partial charge on any atom is 0.259 e. The van der Waals surface area contributed by atoms with Crippen molar-refractivity contribution in [1.82, 2.24) is 10.2 Å². The number of halogens is 1. The van der Waals surface area contributed by atoms with Crippen LogP contribution in [-0.4, -0.2) is 28.6 Å². The smallest absolute Gasteiger partial charge is 0.259 e. The molecule has 0 aliphatic heterocycles. The van der Waals surface area contributed by atoms with Crippen LogP contribution in [0.25, 0.3) is 0 Å². The summed E-state index contributed by atoms with van der Waals surface area (Å²) in [5, 5.41) is 15.4. The molecule has 2 amide bonds. The summed E-state index contributed by atoms with van der Waals surface area (Å²) in [5.41, 5.74) is 1.75. The van der Waals surface area contributed by atoms with E-state index < -0.39 is 0 Å². The first-order chi connectivity index (χ1) is 15.0. The van der Waals surface area contributed by atoms with Crippen LogP contribution in [-0.2, 0) is 11.2 Å². The first-order valence-corrected chi connectivity index (χ1v) is 11.1. The predicted molar refractivity (Wildman–Crippen MR) is 123 cm³/mol. The molecule has 1 heterocycles. The fourth-order valence-corrected chi connectivity index (χ4v) is 3.71. The molecule has 9 heteroatoms. The Bertz CT molecular complexity index is 1070. The van der Waals surface area contributed by atoms with E-state index in [9.17, 15) is 9.59 Å². The first kappa shape index (κ1) is 22.7. The van der Waals surface area contributed by atoms with E-state index in [1.54, 1.807) is 30.3 Å². The number of ether oxygens (including phenoxy) is 1. The lowest BCUT2D eigenvalue weighted by Crippen LogP contribution is -2.18. The number of hydrogen-bond donors (Lipinski definition) is 2. The summed E-state index contributed by atoms with van der Waals surface area (Å²) < 4.78 is 5.72. The van der Waals surface area contributed by atoms with Crippen LogP contribution >= 0.6 is 22.9 Å². The Morgan fingerprint density at radius 1 is 1.13 bits per heavy atom. The molecule has 2 aromatic carbocycles. The van der Waals surface area contributed by atoms with Crippen LogP contribution in [0, 0.1) is 6.92 Å². The van der Waals surface area contributed by atoms with Crippen LogP contribution < -0.4 is 15.4 Å². The standard InChI is InChI=1S/C22H23ClN4O3S/c1-3-20-26-27-22(31-20)25-21(29)16-7-4-5-8-17(16)24-19(28)9-6-12-30-18-11-10-15(23)13-14(18)2/h4-5,7-8,10-11,13H,3,6,9,12H2,1-2H3,(H,24,28)(H,25,27,29). The molecule has 162 valence electrons. The number of carbonyl (C=O) groups excluding carboxylic acids is 2. The second kappa shape index (κ2) is 10.9. The molecule has 0 bridgehead atoms. The molecule has 7 nitrogen and oxygen atoms in total. The molecule has 0 saturated carbocycles. The second-order valence-corrected chi connectivity index (χ2v) is 8.26. The number of rotatable bonds is 9. The summed E-state index contributed by atoms with van der Waals surface area (Å²) in [6, 6.07) is 12.3. The van der Waals surface area contributed by atoms with E-state index in [1.165, 1.54) is 11.3 Å². The lowest BCUT2D eigenvalue weighted by Gasteiger charge is -2.11. The van der Waals surface area contributed by atoms with E-state index in [1.807, 2.05) is 26.0 Å². The largest absolute Gasteiger partial charge is 0.493 e. The molecule has 3 aromatic rings. The number of hydrogen-bond acceptors (Lipinski definition) is 6. The van der Waals surface area contributed by atoms with Crippen molar-refractivity contribution >= 4 is 45.6 Å². The molecule has 0 spiro atoms. The number of nitrogens with zero attached hydrogens (tertiary/aromatic N) is 2. The molecule has 2 N–H and O–H groups in total. The number of para-hydroxylation sites is 1. The van der Waals surface area contributed by atoms with Gasteiger partial charge in [0, 0.05) is 11.4 Å². The number of anilines is 2. The van der Waals surface area contributed by atoms with Crippen molar-refractivity contribution in [3.8, 4) is 5.75 Å². The molecule has 0 atom stereocenters. The maximum atomic E-state index is 12.6. The third-order valence-electron chi connectivity index (χ3n) is 4.38. The molecule has 0 aliphatic carbocycles. The van der Waals surface area contributed by atoms with Gasteiger partial charge in [0.25, 0.3) is 5.91 Å². The van der Waals surface area contributed by atoms with Crippen molar-refractivity contribution in [2.24, 2.45) is 0 Å². The Hall–Kier alpha value is -2.97. The van der Waals surface area contributed by atoms with Crippen molar-refractivity contribution in [3.63, 3.8) is 0 Å². The first-order valence-electron chi connectivity index (χ1n) is 9.88. The average Bonchev–Trinajstić information content (AvgIpc) is 3.20. The van der Waals surface area contributed by atoms with E-state index in [0.717, 1.165) is 22.7 Å². The van der Waals surface area contributed by atoms with Crippen molar-refractivity contribution in [2.45, 2.75) is 33.1 Å². The van der Waals surface area contributed by atoms with Gasteiger partial charge in [0.2, 0.25) is 11.0 Å². The van der Waals surface area contributed by atoms with E-state index in [-0.39, 0.29) is 18.2 Å². The van der Waals surface area contributed by atoms with Crippen LogP contribution in [0.1, 0.15) is 40.7 Å². The third-order valence-corrected chi connectivity index (χ3v) is 5.60. The van der Waals surface area contributed by atoms with Gasteiger partial charge >= 0.3 is 0 Å². The molecule has 0 radical (unpaired) electrons. The zero-order chi connectivity index (χ0) is 22.2. The minimum atomic E-state index is -0.351. The normalized spacial score (nSPS) is 10.5. The van der Waals surface area contributed by atoms with Crippen LogP contribution in [0.2, 0.25) is 5.02 Å². The molecular formula is C22H23ClN4O3S. The van der Waals surface area contributed by atoms with Crippen LogP contribution in [0.3, 0.4) is 0 Å². The van der Waals surface area contributed by atoms with Gasteiger partial charge in [0.15, 0.2) is 0 Å². The number of nitrogens with one attached hydrogen (secondary N) is 2. The van der Waals surface area contributed by atoms with Gasteiger partial charge in [-0.15, -0.1) is 10.2 Å². The summed E-state index contributed by atoms with van der Waals surface area (Å²) in [7, 11) is 0. The van der Waals surface area contributed by atoms with Gasteiger partial charge in [0.1, 0.15) is 10.8 Å². The number of aromatic nitrogens is 2. The number of carbonyl (C=O) groups is 2. The molecule has 0 fully saturated rings. The Balaban J connectivity index is 1.52. The number of aryl methyl sites for hydroxylation is 2. The molecule has 0 saturated heterocycles. The summed E-state index contributed by atoms with van der Waals surface area (Å²) in [5.74, 6) is 0.201. The van der Waals surface area contributed by atoms with Gasteiger partial charge in [-0.2, -0.15) is 0 Å². The van der Waals surface area contributed by atoms with Gasteiger partial charge in [-0.3, -0.25) is 14.9 Å². The average molecular weight is 459 g/mol. The molecule has 0 unspecified atom stereocenters. The molecule has 0 aliphatic rings. The zero-order valence-corrected chi connectivity index (χ0v) is 18.8. The van der Waals surface area contributed by atoms with Gasteiger partial charge in [0.05, 0.1) is 17.9 Å². The van der Waals surface area contributed by atoms with E-state index in [0.29, 0.717) is 34.4 Å². The lowest BCUT2D eigenvalue weighted by molar-refractivity contribution is -0.116. The van der Waals surface area contributed by atoms with E-state index >= 15 is 0 Å². The highest BCUT2D eigenvalue weighted by molar-refractivity contribution is 7.15. The minimum absolute atomic E-state index is 0.194. The SMILES string of the molecule is CCc1nnc(NC(=O)c2ccccc2NC(=O)CCCOc2ccc(Cl)cc2C)s1. The van der Waals surface area contributed by atoms with Crippen molar-refractivity contribution < 1.29 is 14.3 Å². The lowest BCUT2D eigenvalue weighted by atomic mass is 10.1. The minimum Gasteiger partial charge on any atom is -0.493 e. The highest BCUT2D eigenvalue weighted by Gasteiger charge is 2.15. The quantitative estimate of drug-likeness (QED) is 0.434. The van der Waals surface area contributed by atoms with Crippen LogP contribution in [0.4, 0.5) is 10.8 Å². The molecule has 1 aromatic heterocycles. The zero-order valence-electron chi connectivity index (χ0n) is 17.3. The predicted octanol–water partition coefficient (Wildman–Crippen LogP) is 5.11. The Morgan fingerprint density at radius 3 is 2.68 bits per heavy atom. The van der Waals surface area contributed by atoms with E-state index in [2.05, 4.69) is 20.8 Å². The van der Waals surface area contributed by atoms with Crippen molar-refractivity contribution in [3.05, 3.63) is 63.6 Å². The summed E-state index contributed by atoms with van der Waals surface area (Å²) in [6.45, 7) is 4.29. The monoisotopic (exact) mass is 458 g/mol. The topological polar surface area (TPSA) is 93.2 Å². The number of benzene rings is 2. The van der Waals surface area contributed by atoms with Gasteiger partial charge < -0.3 is 10.1 Å². The Labute approximate surface area is 189 Å². The highest BCUT2D eigenvalue weighted by Crippen LogP contribution is 2.22. The fraction of sp³-hybridized carbons (Fsp3) is 0.273. The number of amides is 2. The molecular weight excluding hydrogens is 436 g/mol. The second-order valence-electron chi connectivity index (χ2n) is 6.76. The summed E-state index contributed by atoms with van der Waals surface area (Å²) in [4.78, 5) is 25.0. The van der Waals surface area contributed by atoms with Crippen LogP contribution in [0.15, 0.2) is 42.5 Å². The Kier molecular flexibility index (Phi) is 7.97. The van der Waals surface area contributed by atoms with Gasteiger partial charge in [-0.1, -0.05) is 42.0 Å². The summed E-state index contributed by atoms with van der Waals surface area (Å²) >= 11 is 7.27. The van der Waals surface area contributed by atoms with E-state index in [4.69, 9.17) is 16.3 Å². The fourth-order valence-electron chi connectivity index (χ4n) is 2.80. The third kappa shape index (κ3) is 6.50.